The van der Waals surface area contributed by atoms with Crippen LogP contribution in [0.25, 0.3) is 0 Å². The van der Waals surface area contributed by atoms with Crippen molar-refractivity contribution in [2.75, 3.05) is 19.6 Å². The summed E-state index contributed by atoms with van der Waals surface area (Å²) in [5, 5.41) is 3.63. The Morgan fingerprint density at radius 3 is 2.06 bits per heavy atom. The molecule has 2 atom stereocenters. The number of hydrogen-bond donors (Lipinski definition) is 1. The molecule has 2 unspecified atom stereocenters. The van der Waals surface area contributed by atoms with Gasteiger partial charge in [-0.1, -0.05) is 41.5 Å². The van der Waals surface area contributed by atoms with Crippen molar-refractivity contribution in [1.29, 1.82) is 0 Å². The molecule has 0 amide bonds. The average Bonchev–Trinajstić information content (AvgIpc) is 2.26. The Morgan fingerprint density at radius 1 is 1.12 bits per heavy atom. The van der Waals surface area contributed by atoms with Crippen molar-refractivity contribution in [2.45, 2.75) is 73.4 Å². The molecule has 1 N–H and O–H groups in total. The maximum atomic E-state index is 3.63. The lowest BCUT2D eigenvalue weighted by Crippen LogP contribution is -2.44. The topological polar surface area (TPSA) is 15.3 Å². The molecule has 104 valence electrons. The van der Waals surface area contributed by atoms with E-state index in [1.54, 1.807) is 0 Å². The number of nitrogens with zero attached hydrogens (tertiary/aromatic N) is 1. The van der Waals surface area contributed by atoms with E-state index in [0.717, 1.165) is 13.1 Å². The third kappa shape index (κ3) is 6.42. The van der Waals surface area contributed by atoms with Crippen LogP contribution in [0.15, 0.2) is 0 Å². The molecule has 0 heterocycles. The zero-order valence-electron chi connectivity index (χ0n) is 13.1. The summed E-state index contributed by atoms with van der Waals surface area (Å²) in [4.78, 5) is 2.59. The minimum absolute atomic E-state index is 0.352. The van der Waals surface area contributed by atoms with Crippen LogP contribution in [-0.2, 0) is 0 Å². The molecule has 0 rings (SSSR count). The van der Waals surface area contributed by atoms with Gasteiger partial charge in [-0.15, -0.1) is 0 Å². The minimum atomic E-state index is 0.352. The van der Waals surface area contributed by atoms with E-state index < -0.39 is 0 Å². The largest absolute Gasteiger partial charge is 0.314 e. The fraction of sp³-hybridized carbons (Fsp3) is 1.00. The van der Waals surface area contributed by atoms with Gasteiger partial charge in [0.05, 0.1) is 0 Å². The molecule has 0 aliphatic carbocycles. The summed E-state index contributed by atoms with van der Waals surface area (Å²) in [6, 6.07) is 1.33. The average molecular weight is 242 g/mol. The summed E-state index contributed by atoms with van der Waals surface area (Å²) in [5.41, 5.74) is 0.352. The van der Waals surface area contributed by atoms with E-state index in [1.807, 2.05) is 0 Å². The molecular formula is C15H34N2. The molecule has 0 aromatic rings. The molecule has 0 radical (unpaired) electrons. The second-order valence-corrected chi connectivity index (χ2v) is 6.15. The fourth-order valence-electron chi connectivity index (χ4n) is 2.33. The smallest absolute Gasteiger partial charge is 0.0128 e. The molecule has 0 saturated carbocycles. The third-order valence-electron chi connectivity index (χ3n) is 3.82. The van der Waals surface area contributed by atoms with Crippen LogP contribution in [0.5, 0.6) is 0 Å². The van der Waals surface area contributed by atoms with Crippen LogP contribution in [0.3, 0.4) is 0 Å². The SMILES string of the molecule is CCNC(CCN(CC)C(C)CC)C(C)(C)C. The van der Waals surface area contributed by atoms with Gasteiger partial charge in [0.15, 0.2) is 0 Å². The van der Waals surface area contributed by atoms with Crippen LogP contribution in [0.2, 0.25) is 0 Å². The van der Waals surface area contributed by atoms with Gasteiger partial charge in [0.2, 0.25) is 0 Å². The van der Waals surface area contributed by atoms with Crippen LogP contribution in [0.1, 0.15) is 61.3 Å². The van der Waals surface area contributed by atoms with E-state index in [0.29, 0.717) is 17.5 Å². The van der Waals surface area contributed by atoms with Crippen LogP contribution < -0.4 is 5.32 Å². The molecular weight excluding hydrogens is 208 g/mol. The van der Waals surface area contributed by atoms with E-state index in [2.05, 4.69) is 58.7 Å². The Kier molecular flexibility index (Phi) is 8.06. The van der Waals surface area contributed by atoms with Gasteiger partial charge in [-0.25, -0.2) is 0 Å². The zero-order chi connectivity index (χ0) is 13.5. The lowest BCUT2D eigenvalue weighted by molar-refractivity contribution is 0.175. The summed E-state index contributed by atoms with van der Waals surface area (Å²) in [6.45, 7) is 19.5. The number of nitrogens with one attached hydrogen (secondary N) is 1. The fourth-order valence-corrected chi connectivity index (χ4v) is 2.33. The Labute approximate surface area is 109 Å². The summed E-state index contributed by atoms with van der Waals surface area (Å²) in [7, 11) is 0. The van der Waals surface area contributed by atoms with E-state index in [1.165, 1.54) is 19.4 Å². The van der Waals surface area contributed by atoms with E-state index in [-0.39, 0.29) is 0 Å². The first-order valence-corrected chi connectivity index (χ1v) is 7.34. The highest BCUT2D eigenvalue weighted by Gasteiger charge is 2.24. The van der Waals surface area contributed by atoms with E-state index >= 15 is 0 Å². The van der Waals surface area contributed by atoms with Crippen LogP contribution >= 0.6 is 0 Å². The summed E-state index contributed by atoms with van der Waals surface area (Å²) in [6.07, 6.45) is 2.49. The molecule has 2 heteroatoms. The Bertz CT molecular complexity index is 184. The molecule has 0 aliphatic heterocycles. The van der Waals surface area contributed by atoms with Gasteiger partial charge in [0, 0.05) is 12.1 Å². The molecule has 0 aliphatic rings. The molecule has 0 bridgehead atoms. The lowest BCUT2D eigenvalue weighted by atomic mass is 9.84. The molecule has 0 fully saturated rings. The Morgan fingerprint density at radius 2 is 1.71 bits per heavy atom. The Hall–Kier alpha value is -0.0800. The second-order valence-electron chi connectivity index (χ2n) is 6.15. The van der Waals surface area contributed by atoms with Gasteiger partial charge in [-0.2, -0.15) is 0 Å². The zero-order valence-corrected chi connectivity index (χ0v) is 13.1. The lowest BCUT2D eigenvalue weighted by Gasteiger charge is -2.35. The van der Waals surface area contributed by atoms with Crippen molar-refractivity contribution in [3.63, 3.8) is 0 Å². The highest BCUT2D eigenvalue weighted by atomic mass is 15.1. The van der Waals surface area contributed by atoms with Gasteiger partial charge in [0.25, 0.3) is 0 Å². The molecule has 17 heavy (non-hydrogen) atoms. The Balaban J connectivity index is 4.27. The maximum absolute atomic E-state index is 3.63. The van der Waals surface area contributed by atoms with Crippen molar-refractivity contribution in [3.8, 4) is 0 Å². The molecule has 0 aromatic heterocycles. The van der Waals surface area contributed by atoms with Gasteiger partial charge < -0.3 is 10.2 Å². The van der Waals surface area contributed by atoms with Crippen LogP contribution in [-0.4, -0.2) is 36.6 Å². The van der Waals surface area contributed by atoms with Gasteiger partial charge in [-0.3, -0.25) is 0 Å². The highest BCUT2D eigenvalue weighted by molar-refractivity contribution is 4.81. The summed E-state index contributed by atoms with van der Waals surface area (Å²) in [5.74, 6) is 0. The molecule has 2 nitrogen and oxygen atoms in total. The maximum Gasteiger partial charge on any atom is 0.0128 e. The van der Waals surface area contributed by atoms with Crippen molar-refractivity contribution >= 4 is 0 Å². The molecule has 0 aromatic carbocycles. The summed E-state index contributed by atoms with van der Waals surface area (Å²) >= 11 is 0. The van der Waals surface area contributed by atoms with Crippen molar-refractivity contribution in [2.24, 2.45) is 5.41 Å². The van der Waals surface area contributed by atoms with Crippen LogP contribution in [0.4, 0.5) is 0 Å². The first-order chi connectivity index (χ1) is 7.86. The first-order valence-electron chi connectivity index (χ1n) is 7.34. The first kappa shape index (κ1) is 16.9. The standard InChI is InChI=1S/C15H34N2/c1-8-13(4)17(10-3)12-11-14(16-9-2)15(5,6)7/h13-14,16H,8-12H2,1-7H3. The van der Waals surface area contributed by atoms with E-state index in [9.17, 15) is 0 Å². The quantitative estimate of drug-likeness (QED) is 0.700. The predicted molar refractivity (Wildman–Crippen MR) is 78.5 cm³/mol. The van der Waals surface area contributed by atoms with Gasteiger partial charge in [-0.05, 0) is 44.8 Å². The second kappa shape index (κ2) is 8.10. The van der Waals surface area contributed by atoms with Crippen molar-refractivity contribution in [1.82, 2.24) is 10.2 Å². The third-order valence-corrected chi connectivity index (χ3v) is 3.82. The molecule has 0 spiro atoms. The van der Waals surface area contributed by atoms with Crippen LogP contribution in [0, 0.1) is 5.41 Å². The normalized spacial score (nSPS) is 16.2. The van der Waals surface area contributed by atoms with Gasteiger partial charge in [0.1, 0.15) is 0 Å². The van der Waals surface area contributed by atoms with Gasteiger partial charge >= 0.3 is 0 Å². The summed E-state index contributed by atoms with van der Waals surface area (Å²) < 4.78 is 0. The van der Waals surface area contributed by atoms with Crippen molar-refractivity contribution < 1.29 is 0 Å². The van der Waals surface area contributed by atoms with Crippen molar-refractivity contribution in [3.05, 3.63) is 0 Å². The highest BCUT2D eigenvalue weighted by Crippen LogP contribution is 2.22. The minimum Gasteiger partial charge on any atom is -0.314 e. The monoisotopic (exact) mass is 242 g/mol. The van der Waals surface area contributed by atoms with E-state index in [4.69, 9.17) is 0 Å². The number of hydrogen-bond acceptors (Lipinski definition) is 2. The predicted octanol–water partition coefficient (Wildman–Crippen LogP) is 3.52. The number of rotatable bonds is 8. The molecule has 0 saturated heterocycles.